The van der Waals surface area contributed by atoms with E-state index in [0.717, 1.165) is 38.8 Å². The first-order chi connectivity index (χ1) is 15.0. The van der Waals surface area contributed by atoms with Crippen molar-refractivity contribution in [1.29, 1.82) is 5.26 Å². The number of carbonyl (C=O) groups is 1. The molecule has 0 unspecified atom stereocenters. The fourth-order valence-corrected chi connectivity index (χ4v) is 7.37. The van der Waals surface area contributed by atoms with Crippen molar-refractivity contribution in [3.8, 4) is 6.07 Å². The van der Waals surface area contributed by atoms with Gasteiger partial charge in [0.2, 0.25) is 10.0 Å². The molecular weight excluding hydrogens is 414 g/mol. The number of methoxy groups -OCH3 is 1. The first-order valence-electron chi connectivity index (χ1n) is 10.9. The monoisotopic (exact) mass is 443 g/mol. The molecule has 7 nitrogen and oxygen atoms in total. The van der Waals surface area contributed by atoms with Crippen LogP contribution in [0.1, 0.15) is 37.7 Å². The number of benzene rings is 1. The minimum absolute atomic E-state index is 0.120. The molecule has 31 heavy (non-hydrogen) atoms. The number of rotatable bonds is 5. The zero-order chi connectivity index (χ0) is 22.0. The molecule has 0 N–H and O–H groups in total. The zero-order valence-electron chi connectivity index (χ0n) is 17.8. The van der Waals surface area contributed by atoms with E-state index in [1.807, 2.05) is 12.1 Å². The molecule has 3 heterocycles. The van der Waals surface area contributed by atoms with Crippen LogP contribution in [0, 0.1) is 23.2 Å². The predicted octanol–water partition coefficient (Wildman–Crippen LogP) is 2.54. The summed E-state index contributed by atoms with van der Waals surface area (Å²) in [5, 5.41) is 9.23. The molecule has 0 saturated carbocycles. The molecule has 0 radical (unpaired) electrons. The lowest BCUT2D eigenvalue weighted by atomic mass is 9.70. The highest BCUT2D eigenvalue weighted by Gasteiger charge is 2.50. The van der Waals surface area contributed by atoms with Crippen molar-refractivity contribution >= 4 is 16.0 Å². The molecule has 4 atom stereocenters. The summed E-state index contributed by atoms with van der Waals surface area (Å²) in [5.74, 6) is 0.151. The quantitative estimate of drug-likeness (QED) is 0.513. The van der Waals surface area contributed by atoms with E-state index in [0.29, 0.717) is 24.1 Å². The summed E-state index contributed by atoms with van der Waals surface area (Å²) in [7, 11) is -2.44. The summed E-state index contributed by atoms with van der Waals surface area (Å²) in [6, 6.07) is 8.33. The second kappa shape index (κ2) is 9.11. The van der Waals surface area contributed by atoms with E-state index in [-0.39, 0.29) is 29.2 Å². The van der Waals surface area contributed by atoms with Crippen LogP contribution < -0.4 is 0 Å². The highest BCUT2D eigenvalue weighted by atomic mass is 32.2. The molecule has 1 aromatic rings. The Kier molecular flexibility index (Phi) is 6.47. The topological polar surface area (TPSA) is 90.7 Å². The maximum Gasteiger partial charge on any atom is 0.309 e. The summed E-state index contributed by atoms with van der Waals surface area (Å²) in [6.07, 6.45) is 7.89. The van der Waals surface area contributed by atoms with E-state index in [1.54, 1.807) is 28.6 Å². The van der Waals surface area contributed by atoms with Gasteiger partial charge in [-0.1, -0.05) is 18.2 Å². The van der Waals surface area contributed by atoms with Gasteiger partial charge in [0.05, 0.1) is 30.1 Å². The lowest BCUT2D eigenvalue weighted by Gasteiger charge is -2.56. The second-order valence-electron chi connectivity index (χ2n) is 8.65. The average molecular weight is 444 g/mol. The molecule has 0 aliphatic carbocycles. The van der Waals surface area contributed by atoms with E-state index in [4.69, 9.17) is 4.74 Å². The lowest BCUT2D eigenvalue weighted by Crippen LogP contribution is -2.65. The first-order valence-corrected chi connectivity index (χ1v) is 12.4. The van der Waals surface area contributed by atoms with Gasteiger partial charge in [-0.05, 0) is 68.8 Å². The Morgan fingerprint density at radius 1 is 1.29 bits per heavy atom. The molecule has 3 aliphatic rings. The smallest absolute Gasteiger partial charge is 0.309 e. The Morgan fingerprint density at radius 2 is 2.06 bits per heavy atom. The van der Waals surface area contributed by atoms with Gasteiger partial charge in [0, 0.05) is 18.6 Å². The minimum Gasteiger partial charge on any atom is -0.469 e. The van der Waals surface area contributed by atoms with Gasteiger partial charge in [-0.2, -0.15) is 9.57 Å². The van der Waals surface area contributed by atoms with Gasteiger partial charge in [-0.25, -0.2) is 8.42 Å². The molecule has 166 valence electrons. The highest BCUT2D eigenvalue weighted by molar-refractivity contribution is 7.89. The van der Waals surface area contributed by atoms with Crippen LogP contribution in [0.3, 0.4) is 0 Å². The summed E-state index contributed by atoms with van der Waals surface area (Å²) >= 11 is 0. The van der Waals surface area contributed by atoms with Crippen LogP contribution in [0.15, 0.2) is 41.3 Å². The summed E-state index contributed by atoms with van der Waals surface area (Å²) in [5.41, 5.74) is 0.329. The van der Waals surface area contributed by atoms with Crippen LogP contribution in [0.25, 0.3) is 0 Å². The number of hydrogen-bond donors (Lipinski definition) is 0. The number of hydrogen-bond acceptors (Lipinski definition) is 6. The molecule has 1 aromatic carbocycles. The van der Waals surface area contributed by atoms with Gasteiger partial charge in [0.15, 0.2) is 0 Å². The zero-order valence-corrected chi connectivity index (χ0v) is 18.6. The van der Waals surface area contributed by atoms with Crippen LogP contribution in [0.5, 0.6) is 0 Å². The second-order valence-corrected chi connectivity index (χ2v) is 10.5. The molecule has 3 saturated heterocycles. The van der Waals surface area contributed by atoms with Gasteiger partial charge in [0.25, 0.3) is 0 Å². The highest BCUT2D eigenvalue weighted by Crippen LogP contribution is 2.44. The molecule has 8 heteroatoms. The van der Waals surface area contributed by atoms with E-state index < -0.39 is 10.0 Å². The molecule has 4 rings (SSSR count). The predicted molar refractivity (Wildman–Crippen MR) is 115 cm³/mol. The Labute approximate surface area is 184 Å². The van der Waals surface area contributed by atoms with Crippen molar-refractivity contribution in [2.75, 3.05) is 26.7 Å². The largest absolute Gasteiger partial charge is 0.469 e. The van der Waals surface area contributed by atoms with Gasteiger partial charge in [-0.3, -0.25) is 9.69 Å². The Bertz CT molecular complexity index is 998. The minimum atomic E-state index is -3.79. The summed E-state index contributed by atoms with van der Waals surface area (Å²) in [4.78, 5) is 14.3. The van der Waals surface area contributed by atoms with Gasteiger partial charge in [-0.15, -0.1) is 0 Å². The van der Waals surface area contributed by atoms with Crippen LogP contribution in [-0.2, 0) is 19.6 Å². The molecule has 0 bridgehead atoms. The van der Waals surface area contributed by atoms with E-state index >= 15 is 0 Å². The number of carbonyl (C=O) groups excluding carboxylic acids is 1. The Morgan fingerprint density at radius 3 is 2.81 bits per heavy atom. The number of sulfonamides is 1. The Hall–Kier alpha value is -2.21. The SMILES string of the molecule is COC(=O)C/C=C/[C@@H]1[C@H]2CCCN3CCC[C@@H](CN1S(=O)(=O)c1cccc(C#N)c1)[C@@H]23. The van der Waals surface area contributed by atoms with Crippen molar-refractivity contribution in [2.45, 2.75) is 49.1 Å². The third-order valence-corrected chi connectivity index (χ3v) is 8.81. The summed E-state index contributed by atoms with van der Waals surface area (Å²) in [6.45, 7) is 2.62. The van der Waals surface area contributed by atoms with E-state index in [2.05, 4.69) is 4.90 Å². The molecule has 3 aliphatic heterocycles. The average Bonchev–Trinajstić information content (AvgIpc) is 2.80. The van der Waals surface area contributed by atoms with Gasteiger partial charge >= 0.3 is 5.97 Å². The van der Waals surface area contributed by atoms with Crippen LogP contribution >= 0.6 is 0 Å². The van der Waals surface area contributed by atoms with Gasteiger partial charge in [0.1, 0.15) is 0 Å². The third-order valence-electron chi connectivity index (χ3n) is 6.95. The van der Waals surface area contributed by atoms with Crippen molar-refractivity contribution in [3.05, 3.63) is 42.0 Å². The third kappa shape index (κ3) is 4.27. The van der Waals surface area contributed by atoms with Crippen molar-refractivity contribution in [1.82, 2.24) is 9.21 Å². The Balaban J connectivity index is 1.72. The number of nitriles is 1. The maximum absolute atomic E-state index is 13.7. The van der Waals surface area contributed by atoms with Crippen molar-refractivity contribution in [3.63, 3.8) is 0 Å². The molecule has 0 spiro atoms. The molecule has 0 aromatic heterocycles. The lowest BCUT2D eigenvalue weighted by molar-refractivity contribution is -0.139. The maximum atomic E-state index is 13.7. The number of esters is 1. The normalized spacial score (nSPS) is 29.3. The molecule has 3 fully saturated rings. The van der Waals surface area contributed by atoms with Crippen LogP contribution in [0.4, 0.5) is 0 Å². The number of ether oxygens (including phenoxy) is 1. The van der Waals surface area contributed by atoms with Crippen molar-refractivity contribution in [2.24, 2.45) is 11.8 Å². The fourth-order valence-electron chi connectivity index (χ4n) is 5.64. The molecular formula is C23H29N3O4S. The standard InChI is InChI=1S/C23H29N3O4S/c1-30-22(27)11-3-10-21-20-9-5-13-25-12-4-7-18(23(20)25)16-26(21)31(28,29)19-8-2-6-17(14-19)15-24/h2-3,6,8,10,14,18,20-21,23H,4-5,7,9,11-13,16H2,1H3/b10-3+/t18-,20+,21+,23-/m0/s1. The number of piperidine rings is 3. The number of nitrogens with zero attached hydrogens (tertiary/aromatic N) is 3. The van der Waals surface area contributed by atoms with Crippen molar-refractivity contribution < 1.29 is 17.9 Å². The summed E-state index contributed by atoms with van der Waals surface area (Å²) < 4.78 is 33.8. The van der Waals surface area contributed by atoms with E-state index in [1.165, 1.54) is 13.2 Å². The molecule has 0 amide bonds. The van der Waals surface area contributed by atoms with Gasteiger partial charge < -0.3 is 4.74 Å². The van der Waals surface area contributed by atoms with Crippen LogP contribution in [-0.4, -0.2) is 62.4 Å². The first kappa shape index (κ1) is 22.0. The van der Waals surface area contributed by atoms with E-state index in [9.17, 15) is 18.5 Å². The fraction of sp³-hybridized carbons (Fsp3) is 0.565. The van der Waals surface area contributed by atoms with Crippen LogP contribution in [0.2, 0.25) is 0 Å².